The van der Waals surface area contributed by atoms with Gasteiger partial charge in [-0.1, -0.05) is 30.3 Å². The van der Waals surface area contributed by atoms with Crippen LogP contribution in [0.5, 0.6) is 0 Å². The summed E-state index contributed by atoms with van der Waals surface area (Å²) in [5, 5.41) is 0. The minimum absolute atomic E-state index is 0.0883. The van der Waals surface area contributed by atoms with Gasteiger partial charge in [0.2, 0.25) is 0 Å². The molecule has 3 heteroatoms. The first kappa shape index (κ1) is 14.8. The van der Waals surface area contributed by atoms with E-state index >= 15 is 0 Å². The van der Waals surface area contributed by atoms with Crippen LogP contribution in [-0.4, -0.2) is 11.5 Å². The zero-order valence-corrected chi connectivity index (χ0v) is 12.0. The number of Topliss-reactive ketones (excluding diaryl/α,β-unsaturated/α-hetero) is 1. The molecule has 2 aromatic carbocycles. The molecule has 0 heterocycles. The number of hydrogen-bond donors (Lipinski definition) is 0. The van der Waals surface area contributed by atoms with Crippen LogP contribution in [0.2, 0.25) is 0 Å². The Kier molecular flexibility index (Phi) is 5.81. The Hall–Kier alpha value is -1.61. The van der Waals surface area contributed by atoms with Crippen LogP contribution >= 0.6 is 11.8 Å². The minimum atomic E-state index is -0.306. The molecule has 0 N–H and O–H groups in total. The van der Waals surface area contributed by atoms with Crippen molar-refractivity contribution in [2.75, 3.05) is 5.75 Å². The van der Waals surface area contributed by atoms with Crippen molar-refractivity contribution in [2.24, 2.45) is 0 Å². The van der Waals surface area contributed by atoms with Gasteiger partial charge in [0.1, 0.15) is 5.82 Å². The van der Waals surface area contributed by atoms with E-state index in [1.807, 2.05) is 30.0 Å². The number of benzene rings is 2. The molecule has 0 fully saturated rings. The highest BCUT2D eigenvalue weighted by Gasteiger charge is 2.05. The predicted octanol–water partition coefficient (Wildman–Crippen LogP) is 4.72. The van der Waals surface area contributed by atoms with Crippen molar-refractivity contribution in [1.29, 1.82) is 0 Å². The Balaban J connectivity index is 1.66. The first-order valence-electron chi connectivity index (χ1n) is 6.66. The molecule has 0 aliphatic carbocycles. The number of carbonyl (C=O) groups is 1. The maximum atomic E-state index is 12.7. The number of hydrogen-bond acceptors (Lipinski definition) is 2. The monoisotopic (exact) mass is 288 g/mol. The molecule has 0 bridgehead atoms. The zero-order chi connectivity index (χ0) is 14.2. The molecule has 0 amide bonds. The van der Waals surface area contributed by atoms with Gasteiger partial charge < -0.3 is 0 Å². The second kappa shape index (κ2) is 7.85. The highest BCUT2D eigenvalue weighted by atomic mass is 32.2. The molecular weight excluding hydrogens is 271 g/mol. The van der Waals surface area contributed by atoms with E-state index in [1.54, 1.807) is 12.1 Å². The van der Waals surface area contributed by atoms with Gasteiger partial charge in [-0.3, -0.25) is 4.79 Å². The van der Waals surface area contributed by atoms with Gasteiger partial charge in [-0.2, -0.15) is 11.8 Å². The van der Waals surface area contributed by atoms with Crippen LogP contribution in [0, 0.1) is 5.82 Å². The Morgan fingerprint density at radius 3 is 2.40 bits per heavy atom. The van der Waals surface area contributed by atoms with Gasteiger partial charge in [0, 0.05) is 17.7 Å². The van der Waals surface area contributed by atoms with Crippen LogP contribution in [0.3, 0.4) is 0 Å². The zero-order valence-electron chi connectivity index (χ0n) is 11.2. The summed E-state index contributed by atoms with van der Waals surface area (Å²) in [5.74, 6) is 1.72. The van der Waals surface area contributed by atoms with Gasteiger partial charge >= 0.3 is 0 Å². The number of halogens is 1. The third-order valence-corrected chi connectivity index (χ3v) is 4.09. The summed E-state index contributed by atoms with van der Waals surface area (Å²) in [6.07, 6.45) is 1.38. The van der Waals surface area contributed by atoms with Gasteiger partial charge in [0.25, 0.3) is 0 Å². The van der Waals surface area contributed by atoms with Crippen LogP contribution in [0.1, 0.15) is 28.8 Å². The van der Waals surface area contributed by atoms with Gasteiger partial charge in [0.15, 0.2) is 5.78 Å². The lowest BCUT2D eigenvalue weighted by atomic mass is 10.1. The molecule has 0 unspecified atom stereocenters. The highest BCUT2D eigenvalue weighted by molar-refractivity contribution is 7.98. The van der Waals surface area contributed by atoms with Crippen LogP contribution < -0.4 is 0 Å². The van der Waals surface area contributed by atoms with Crippen LogP contribution in [0.15, 0.2) is 54.6 Å². The average molecular weight is 288 g/mol. The molecule has 0 spiro atoms. The molecule has 0 atom stereocenters. The van der Waals surface area contributed by atoms with Crippen molar-refractivity contribution in [2.45, 2.75) is 18.6 Å². The quantitative estimate of drug-likeness (QED) is 0.541. The Morgan fingerprint density at radius 2 is 1.70 bits per heavy atom. The molecule has 2 rings (SSSR count). The lowest BCUT2D eigenvalue weighted by molar-refractivity contribution is 0.0982. The second-order valence-corrected chi connectivity index (χ2v) is 5.68. The number of carbonyl (C=O) groups excluding carboxylic acids is 1. The Bertz CT molecular complexity index is 537. The van der Waals surface area contributed by atoms with Crippen molar-refractivity contribution in [3.05, 3.63) is 71.5 Å². The summed E-state index contributed by atoms with van der Waals surface area (Å²) < 4.78 is 12.7. The van der Waals surface area contributed by atoms with Gasteiger partial charge in [-0.05, 0) is 42.0 Å². The fraction of sp³-hybridized carbons (Fsp3) is 0.235. The lowest BCUT2D eigenvalue weighted by Crippen LogP contribution is -1.99. The fourth-order valence-corrected chi connectivity index (χ4v) is 2.80. The van der Waals surface area contributed by atoms with E-state index in [4.69, 9.17) is 0 Å². The smallest absolute Gasteiger partial charge is 0.162 e. The first-order chi connectivity index (χ1) is 9.75. The van der Waals surface area contributed by atoms with E-state index in [2.05, 4.69) is 12.1 Å². The fourth-order valence-electron chi connectivity index (χ4n) is 1.88. The van der Waals surface area contributed by atoms with Crippen molar-refractivity contribution in [3.8, 4) is 0 Å². The largest absolute Gasteiger partial charge is 0.294 e. The third-order valence-electron chi connectivity index (χ3n) is 2.97. The average Bonchev–Trinajstić information content (AvgIpc) is 2.48. The van der Waals surface area contributed by atoms with Crippen LogP contribution in [0.25, 0.3) is 0 Å². The van der Waals surface area contributed by atoms with E-state index in [1.165, 1.54) is 17.7 Å². The summed E-state index contributed by atoms with van der Waals surface area (Å²) in [6.45, 7) is 0. The van der Waals surface area contributed by atoms with E-state index in [9.17, 15) is 9.18 Å². The minimum Gasteiger partial charge on any atom is -0.294 e. The second-order valence-electron chi connectivity index (χ2n) is 4.57. The SMILES string of the molecule is O=C(CCCSCc1ccccc1)c1ccc(F)cc1. The molecule has 0 saturated carbocycles. The maximum absolute atomic E-state index is 12.7. The summed E-state index contributed by atoms with van der Waals surface area (Å²) in [4.78, 5) is 11.9. The molecule has 104 valence electrons. The molecule has 0 aliphatic rings. The molecule has 0 radical (unpaired) electrons. The lowest BCUT2D eigenvalue weighted by Gasteiger charge is -2.03. The molecule has 2 aromatic rings. The number of ketones is 1. The molecule has 1 nitrogen and oxygen atoms in total. The van der Waals surface area contributed by atoms with E-state index in [-0.39, 0.29) is 11.6 Å². The number of rotatable bonds is 7. The molecule has 0 saturated heterocycles. The Labute approximate surface area is 123 Å². The van der Waals surface area contributed by atoms with Crippen molar-refractivity contribution in [1.82, 2.24) is 0 Å². The summed E-state index contributed by atoms with van der Waals surface area (Å²) >= 11 is 1.83. The standard InChI is InChI=1S/C17H17FOS/c18-16-10-8-15(9-11-16)17(19)7-4-12-20-13-14-5-2-1-3-6-14/h1-3,5-6,8-11H,4,7,12-13H2. The van der Waals surface area contributed by atoms with E-state index in [0.717, 1.165) is 17.9 Å². The normalized spacial score (nSPS) is 10.4. The topological polar surface area (TPSA) is 17.1 Å². The highest BCUT2D eigenvalue weighted by Crippen LogP contribution is 2.15. The maximum Gasteiger partial charge on any atom is 0.162 e. The van der Waals surface area contributed by atoms with Gasteiger partial charge in [0.05, 0.1) is 0 Å². The molecule has 0 aliphatic heterocycles. The third kappa shape index (κ3) is 4.82. The molecule has 20 heavy (non-hydrogen) atoms. The summed E-state index contributed by atoms with van der Waals surface area (Å²) in [7, 11) is 0. The molecule has 0 aromatic heterocycles. The van der Waals surface area contributed by atoms with Gasteiger partial charge in [-0.25, -0.2) is 4.39 Å². The number of thioether (sulfide) groups is 1. The summed E-state index contributed by atoms with van der Waals surface area (Å²) in [5.41, 5.74) is 1.90. The van der Waals surface area contributed by atoms with Crippen molar-refractivity contribution in [3.63, 3.8) is 0 Å². The van der Waals surface area contributed by atoms with Crippen LogP contribution in [-0.2, 0) is 5.75 Å². The van der Waals surface area contributed by atoms with Crippen LogP contribution in [0.4, 0.5) is 4.39 Å². The predicted molar refractivity (Wildman–Crippen MR) is 82.6 cm³/mol. The van der Waals surface area contributed by atoms with E-state index in [0.29, 0.717) is 12.0 Å². The van der Waals surface area contributed by atoms with Crippen molar-refractivity contribution >= 4 is 17.5 Å². The van der Waals surface area contributed by atoms with Gasteiger partial charge in [-0.15, -0.1) is 0 Å². The van der Waals surface area contributed by atoms with Crippen molar-refractivity contribution < 1.29 is 9.18 Å². The summed E-state index contributed by atoms with van der Waals surface area (Å²) in [6, 6.07) is 16.1. The first-order valence-corrected chi connectivity index (χ1v) is 7.81. The van der Waals surface area contributed by atoms with E-state index < -0.39 is 0 Å². The Morgan fingerprint density at radius 1 is 1.00 bits per heavy atom. The molecular formula is C17H17FOS.